The molecule has 1 heteroatoms. The number of nitrogens with one attached hydrogen (secondary N) is 1. The Morgan fingerprint density at radius 2 is 1.76 bits per heavy atom. The van der Waals surface area contributed by atoms with Crippen molar-refractivity contribution in [3.8, 4) is 0 Å². The fourth-order valence-corrected chi connectivity index (χ4v) is 2.26. The molecule has 0 saturated carbocycles. The number of unbranched alkanes of at least 4 members (excludes halogenated alkanes) is 2. The monoisotopic (exact) mass is 233 g/mol. The van der Waals surface area contributed by atoms with Gasteiger partial charge in [-0.15, -0.1) is 0 Å². The van der Waals surface area contributed by atoms with Gasteiger partial charge in [0.2, 0.25) is 0 Å². The molecule has 0 saturated heterocycles. The summed E-state index contributed by atoms with van der Waals surface area (Å²) in [4.78, 5) is 0. The third-order valence-electron chi connectivity index (χ3n) is 3.27. The fraction of sp³-hybridized carbons (Fsp3) is 0.625. The zero-order chi connectivity index (χ0) is 12.3. The minimum Gasteiger partial charge on any atom is -0.314 e. The Morgan fingerprint density at radius 1 is 1.00 bits per heavy atom. The largest absolute Gasteiger partial charge is 0.314 e. The van der Waals surface area contributed by atoms with Gasteiger partial charge in [0.15, 0.2) is 0 Å². The highest BCUT2D eigenvalue weighted by Crippen LogP contribution is 2.10. The number of benzene rings is 1. The number of aryl methyl sites for hydroxylation is 1. The van der Waals surface area contributed by atoms with Crippen molar-refractivity contribution in [2.45, 2.75) is 58.4 Å². The molecular formula is C16H27N. The number of hydrogen-bond donors (Lipinski definition) is 1. The first-order valence-electron chi connectivity index (χ1n) is 7.14. The van der Waals surface area contributed by atoms with Gasteiger partial charge >= 0.3 is 0 Å². The van der Waals surface area contributed by atoms with Gasteiger partial charge in [-0.1, -0.05) is 63.4 Å². The van der Waals surface area contributed by atoms with E-state index in [1.165, 1.54) is 44.1 Å². The first kappa shape index (κ1) is 14.2. The first-order chi connectivity index (χ1) is 8.36. The Balaban J connectivity index is 2.28. The van der Waals surface area contributed by atoms with Crippen molar-refractivity contribution in [2.24, 2.45) is 0 Å². The molecule has 0 radical (unpaired) electrons. The lowest BCUT2D eigenvalue weighted by atomic mass is 10.0. The van der Waals surface area contributed by atoms with E-state index in [4.69, 9.17) is 0 Å². The van der Waals surface area contributed by atoms with E-state index >= 15 is 0 Å². The van der Waals surface area contributed by atoms with Crippen LogP contribution in [-0.2, 0) is 6.42 Å². The van der Waals surface area contributed by atoms with Gasteiger partial charge in [0.1, 0.15) is 0 Å². The van der Waals surface area contributed by atoms with Gasteiger partial charge in [-0.05, 0) is 31.4 Å². The molecule has 0 amide bonds. The third kappa shape index (κ3) is 6.48. The maximum absolute atomic E-state index is 3.61. The van der Waals surface area contributed by atoms with E-state index < -0.39 is 0 Å². The summed E-state index contributed by atoms with van der Waals surface area (Å²) in [5.74, 6) is 0. The van der Waals surface area contributed by atoms with Crippen LogP contribution in [0.3, 0.4) is 0 Å². The van der Waals surface area contributed by atoms with E-state index in [2.05, 4.69) is 49.5 Å². The highest BCUT2D eigenvalue weighted by Gasteiger charge is 2.06. The molecule has 1 nitrogen and oxygen atoms in total. The van der Waals surface area contributed by atoms with Gasteiger partial charge in [-0.25, -0.2) is 0 Å². The summed E-state index contributed by atoms with van der Waals surface area (Å²) >= 11 is 0. The predicted octanol–water partition coefficient (Wildman–Crippen LogP) is 4.18. The van der Waals surface area contributed by atoms with Crippen LogP contribution in [0.2, 0.25) is 0 Å². The molecule has 1 aromatic carbocycles. The molecule has 96 valence electrons. The minimum absolute atomic E-state index is 0.701. The Labute approximate surface area is 107 Å². The Hall–Kier alpha value is -0.820. The van der Waals surface area contributed by atoms with Crippen molar-refractivity contribution < 1.29 is 0 Å². The van der Waals surface area contributed by atoms with Crippen molar-refractivity contribution in [3.05, 3.63) is 35.9 Å². The lowest BCUT2D eigenvalue weighted by molar-refractivity contribution is 0.444. The lowest BCUT2D eigenvalue weighted by Crippen LogP contribution is -2.29. The Bertz CT molecular complexity index is 268. The highest BCUT2D eigenvalue weighted by atomic mass is 14.9. The van der Waals surface area contributed by atoms with E-state index in [1.54, 1.807) is 0 Å². The Morgan fingerprint density at radius 3 is 2.41 bits per heavy atom. The Kier molecular flexibility index (Phi) is 7.74. The topological polar surface area (TPSA) is 12.0 Å². The van der Waals surface area contributed by atoms with E-state index in [0.29, 0.717) is 6.04 Å². The van der Waals surface area contributed by atoms with Crippen LogP contribution in [0, 0.1) is 0 Å². The molecule has 1 unspecified atom stereocenters. The summed E-state index contributed by atoms with van der Waals surface area (Å²) < 4.78 is 0. The van der Waals surface area contributed by atoms with Gasteiger partial charge in [0.25, 0.3) is 0 Å². The maximum atomic E-state index is 3.61. The van der Waals surface area contributed by atoms with Gasteiger partial charge < -0.3 is 5.32 Å². The van der Waals surface area contributed by atoms with E-state index in [1.807, 2.05) is 0 Å². The molecule has 0 heterocycles. The van der Waals surface area contributed by atoms with Crippen LogP contribution in [0.1, 0.15) is 51.5 Å². The summed E-state index contributed by atoms with van der Waals surface area (Å²) in [5.41, 5.74) is 1.46. The lowest BCUT2D eigenvalue weighted by Gasteiger charge is -2.17. The average molecular weight is 233 g/mol. The van der Waals surface area contributed by atoms with Crippen LogP contribution in [0.15, 0.2) is 30.3 Å². The maximum Gasteiger partial charge on any atom is 0.00701 e. The molecule has 1 atom stereocenters. The molecule has 1 N–H and O–H groups in total. The van der Waals surface area contributed by atoms with Gasteiger partial charge in [-0.3, -0.25) is 0 Å². The van der Waals surface area contributed by atoms with Crippen molar-refractivity contribution in [3.63, 3.8) is 0 Å². The molecule has 0 aliphatic rings. The summed E-state index contributed by atoms with van der Waals surface area (Å²) in [6.45, 7) is 5.56. The molecule has 1 aromatic rings. The molecule has 1 rings (SSSR count). The quantitative estimate of drug-likeness (QED) is 0.631. The minimum atomic E-state index is 0.701. The van der Waals surface area contributed by atoms with Crippen LogP contribution in [-0.4, -0.2) is 12.6 Å². The smallest absolute Gasteiger partial charge is 0.00701 e. The van der Waals surface area contributed by atoms with E-state index in [-0.39, 0.29) is 0 Å². The molecule has 0 aliphatic heterocycles. The van der Waals surface area contributed by atoms with Crippen molar-refractivity contribution >= 4 is 0 Å². The SMILES string of the molecule is CCCCCC(CCc1ccccc1)NCC. The number of hydrogen-bond acceptors (Lipinski definition) is 1. The highest BCUT2D eigenvalue weighted by molar-refractivity contribution is 5.14. The zero-order valence-electron chi connectivity index (χ0n) is 11.4. The van der Waals surface area contributed by atoms with Crippen LogP contribution in [0.25, 0.3) is 0 Å². The summed E-state index contributed by atoms with van der Waals surface area (Å²) in [7, 11) is 0. The third-order valence-corrected chi connectivity index (χ3v) is 3.27. The molecule has 0 fully saturated rings. The molecular weight excluding hydrogens is 206 g/mol. The van der Waals surface area contributed by atoms with Crippen LogP contribution in [0.5, 0.6) is 0 Å². The normalized spacial score (nSPS) is 12.6. The van der Waals surface area contributed by atoms with Crippen LogP contribution >= 0.6 is 0 Å². The second kappa shape index (κ2) is 9.23. The van der Waals surface area contributed by atoms with E-state index in [9.17, 15) is 0 Å². The van der Waals surface area contributed by atoms with Gasteiger partial charge in [0, 0.05) is 6.04 Å². The molecule has 17 heavy (non-hydrogen) atoms. The van der Waals surface area contributed by atoms with Crippen molar-refractivity contribution in [1.82, 2.24) is 5.32 Å². The second-order valence-electron chi connectivity index (χ2n) is 4.77. The first-order valence-corrected chi connectivity index (χ1v) is 7.14. The summed E-state index contributed by atoms with van der Waals surface area (Å²) in [5, 5.41) is 3.61. The average Bonchev–Trinajstić information content (AvgIpc) is 2.37. The second-order valence-corrected chi connectivity index (χ2v) is 4.77. The zero-order valence-corrected chi connectivity index (χ0v) is 11.4. The van der Waals surface area contributed by atoms with Crippen molar-refractivity contribution in [1.29, 1.82) is 0 Å². The van der Waals surface area contributed by atoms with Gasteiger partial charge in [0.05, 0.1) is 0 Å². The van der Waals surface area contributed by atoms with Crippen LogP contribution < -0.4 is 5.32 Å². The van der Waals surface area contributed by atoms with Crippen LogP contribution in [0.4, 0.5) is 0 Å². The van der Waals surface area contributed by atoms with Gasteiger partial charge in [-0.2, -0.15) is 0 Å². The summed E-state index contributed by atoms with van der Waals surface area (Å²) in [6.07, 6.45) is 7.84. The van der Waals surface area contributed by atoms with Crippen molar-refractivity contribution in [2.75, 3.05) is 6.54 Å². The fourth-order valence-electron chi connectivity index (χ4n) is 2.26. The molecule has 0 spiro atoms. The van der Waals surface area contributed by atoms with E-state index in [0.717, 1.165) is 6.54 Å². The molecule has 0 bridgehead atoms. The summed E-state index contributed by atoms with van der Waals surface area (Å²) in [6, 6.07) is 11.5. The standard InChI is InChI=1S/C16H27N/c1-3-5-7-12-16(17-4-2)14-13-15-10-8-6-9-11-15/h6,8-11,16-17H,3-5,7,12-14H2,1-2H3. The molecule has 0 aliphatic carbocycles. The molecule has 0 aromatic heterocycles. The predicted molar refractivity (Wildman–Crippen MR) is 76.4 cm³/mol. The number of rotatable bonds is 9.